The second-order valence-corrected chi connectivity index (χ2v) is 12.6. The van der Waals surface area contributed by atoms with Crippen molar-refractivity contribution in [1.82, 2.24) is 19.6 Å². The number of rotatable bonds is 10. The van der Waals surface area contributed by atoms with Gasteiger partial charge in [-0.2, -0.15) is 0 Å². The molecule has 5 rings (SSSR count). The molecule has 1 aliphatic rings. The molecule has 1 fully saturated rings. The maximum absolute atomic E-state index is 13.8. The molecule has 1 saturated heterocycles. The minimum Gasteiger partial charge on any atom is -0.459 e. The Kier molecular flexibility index (Phi) is 10.6. The molecule has 13 heteroatoms. The van der Waals surface area contributed by atoms with Crippen LogP contribution in [-0.4, -0.2) is 61.9 Å². The third-order valence-corrected chi connectivity index (χ3v) is 8.49. The monoisotopic (exact) mass is 695 g/mol. The first kappa shape index (κ1) is 35.7. The van der Waals surface area contributed by atoms with E-state index in [9.17, 15) is 14.4 Å². The van der Waals surface area contributed by atoms with E-state index in [4.69, 9.17) is 43.3 Å². The highest BCUT2D eigenvalue weighted by Gasteiger charge is 2.61. The number of carbonyl (C=O) groups is 3. The zero-order valence-corrected chi connectivity index (χ0v) is 29.1. The number of nitrogens with one attached hydrogen (secondary N) is 1. The zero-order chi connectivity index (χ0) is 36.2. The van der Waals surface area contributed by atoms with E-state index in [1.807, 2.05) is 39.8 Å². The summed E-state index contributed by atoms with van der Waals surface area (Å²) in [5.41, 5.74) is 7.97. The van der Waals surface area contributed by atoms with Gasteiger partial charge in [0.25, 0.3) is 0 Å². The Labute approximate surface area is 294 Å². The van der Waals surface area contributed by atoms with Gasteiger partial charge in [-0.25, -0.2) is 28.9 Å². The van der Waals surface area contributed by atoms with Crippen molar-refractivity contribution in [2.45, 2.75) is 65.0 Å². The lowest BCUT2D eigenvalue weighted by molar-refractivity contribution is -0.144. The Morgan fingerprint density at radius 1 is 1.10 bits per heavy atom. The highest BCUT2D eigenvalue weighted by atomic mass is 32.1. The number of carbonyl (C=O) groups excluding carboxylic acids is 3. The minimum atomic E-state index is -1.76. The van der Waals surface area contributed by atoms with Crippen LogP contribution in [0, 0.1) is 23.9 Å². The van der Waals surface area contributed by atoms with E-state index < -0.39 is 48.4 Å². The molecule has 0 aliphatic carbocycles. The Hall–Kier alpha value is -5.58. The Morgan fingerprint density at radius 2 is 1.76 bits per heavy atom. The van der Waals surface area contributed by atoms with Gasteiger partial charge in [0.15, 0.2) is 28.3 Å². The number of hydrogen-bond acceptors (Lipinski definition) is 11. The van der Waals surface area contributed by atoms with Crippen LogP contribution in [0.2, 0.25) is 0 Å². The van der Waals surface area contributed by atoms with E-state index in [1.54, 1.807) is 49.4 Å². The molecule has 0 radical (unpaired) electrons. The lowest BCUT2D eigenvalue weighted by Crippen LogP contribution is -2.50. The number of anilines is 1. The van der Waals surface area contributed by atoms with Gasteiger partial charge in [0.2, 0.25) is 5.95 Å². The number of esters is 3. The molecule has 2 aromatic heterocycles. The molecule has 258 valence electrons. The number of benzene rings is 2. The van der Waals surface area contributed by atoms with Crippen LogP contribution in [0.3, 0.4) is 0 Å². The molecule has 12 nitrogen and oxygen atoms in total. The number of allylic oxidation sites excluding steroid dienone is 3. The summed E-state index contributed by atoms with van der Waals surface area (Å²) in [4.78, 5) is 49.2. The zero-order valence-electron chi connectivity index (χ0n) is 28.3. The van der Waals surface area contributed by atoms with Gasteiger partial charge in [-0.15, -0.1) is 6.42 Å². The molecule has 50 heavy (non-hydrogen) atoms. The molecular formula is C37H37N5O7S. The standard InChI is InChI=1S/C37H37N5O7S/c1-7-23-12-17-25(18-13-23)34(44)48-29-28(20-46-33(43)24(8-2)14-9-21(3)4)47-30(31-39-19-27-32(50)40-36(38)41-42(27)31)37(29,6)49-35(45)26-15-10-22(5)11-16-26/h2,9-19,28-30H,7,20H2,1,3-6H3,(H3,38,40,41,50)/b24-14+/t28-,29-,30+,37-/m1/s1. The predicted molar refractivity (Wildman–Crippen MR) is 188 cm³/mol. The maximum Gasteiger partial charge on any atom is 0.346 e. The maximum atomic E-state index is 13.8. The number of aryl methyl sites for hydroxylation is 2. The van der Waals surface area contributed by atoms with Crippen LogP contribution in [0.1, 0.15) is 71.5 Å². The lowest BCUT2D eigenvalue weighted by atomic mass is 9.91. The number of nitrogens with zero attached hydrogens (tertiary/aromatic N) is 3. The lowest BCUT2D eigenvalue weighted by Gasteiger charge is -2.34. The summed E-state index contributed by atoms with van der Waals surface area (Å²) >= 11 is 5.40. The van der Waals surface area contributed by atoms with Gasteiger partial charge in [-0.3, -0.25) is 5.10 Å². The van der Waals surface area contributed by atoms with Gasteiger partial charge in [-0.05, 0) is 70.0 Å². The van der Waals surface area contributed by atoms with E-state index in [0.29, 0.717) is 5.52 Å². The van der Waals surface area contributed by atoms with Crippen molar-refractivity contribution in [3.8, 4) is 12.3 Å². The van der Waals surface area contributed by atoms with Crippen molar-refractivity contribution < 1.29 is 33.3 Å². The number of imidazole rings is 1. The van der Waals surface area contributed by atoms with E-state index in [-0.39, 0.29) is 33.1 Å². The number of hydrogen-bond donors (Lipinski definition) is 2. The summed E-state index contributed by atoms with van der Waals surface area (Å²) in [7, 11) is 0. The third kappa shape index (κ3) is 7.51. The van der Waals surface area contributed by atoms with Crippen molar-refractivity contribution in [2.75, 3.05) is 12.3 Å². The highest BCUT2D eigenvalue weighted by Crippen LogP contribution is 2.46. The Morgan fingerprint density at radius 3 is 2.40 bits per heavy atom. The van der Waals surface area contributed by atoms with Gasteiger partial charge in [0.05, 0.1) is 17.3 Å². The molecule has 2 aromatic carbocycles. The van der Waals surface area contributed by atoms with Crippen LogP contribution in [0.5, 0.6) is 0 Å². The fourth-order valence-electron chi connectivity index (χ4n) is 5.44. The minimum absolute atomic E-state index is 0.00736. The van der Waals surface area contributed by atoms with Crippen molar-refractivity contribution in [3.05, 3.63) is 111 Å². The average Bonchev–Trinajstić information content (AvgIpc) is 3.62. The van der Waals surface area contributed by atoms with Crippen LogP contribution in [0.4, 0.5) is 5.95 Å². The summed E-state index contributed by atoms with van der Waals surface area (Å²) < 4.78 is 26.1. The molecule has 1 aliphatic heterocycles. The highest BCUT2D eigenvalue weighted by molar-refractivity contribution is 7.71. The second-order valence-electron chi connectivity index (χ2n) is 12.2. The topological polar surface area (TPSA) is 160 Å². The first-order valence-corrected chi connectivity index (χ1v) is 16.2. The Bertz CT molecular complexity index is 2090. The van der Waals surface area contributed by atoms with Crippen LogP contribution >= 0.6 is 12.2 Å². The molecule has 0 saturated carbocycles. The van der Waals surface area contributed by atoms with Crippen molar-refractivity contribution in [1.29, 1.82) is 0 Å². The van der Waals surface area contributed by atoms with E-state index in [0.717, 1.165) is 23.1 Å². The number of nitrogen functional groups attached to an aromatic ring is 1. The van der Waals surface area contributed by atoms with Crippen LogP contribution < -0.4 is 5.73 Å². The van der Waals surface area contributed by atoms with E-state index in [1.165, 1.54) is 16.8 Å². The first-order valence-electron chi connectivity index (χ1n) is 15.8. The van der Waals surface area contributed by atoms with Gasteiger partial charge in [-0.1, -0.05) is 66.5 Å². The molecule has 4 aromatic rings. The van der Waals surface area contributed by atoms with Crippen molar-refractivity contribution in [2.24, 2.45) is 0 Å². The molecule has 0 spiro atoms. The molecule has 3 N–H and O–H groups in total. The van der Waals surface area contributed by atoms with Crippen LogP contribution in [-0.2, 0) is 30.2 Å². The number of nitrogens with two attached hydrogens (primary N) is 1. The number of aromatic amines is 1. The summed E-state index contributed by atoms with van der Waals surface area (Å²) in [6.45, 7) is 8.72. The molecule has 4 atom stereocenters. The molecule has 3 heterocycles. The average molecular weight is 696 g/mol. The molecule has 0 unspecified atom stereocenters. The smallest absolute Gasteiger partial charge is 0.346 e. The first-order chi connectivity index (χ1) is 23.8. The number of ether oxygens (including phenoxy) is 4. The fraction of sp³-hybridized carbons (Fsp3) is 0.297. The second kappa shape index (κ2) is 14.9. The van der Waals surface area contributed by atoms with Gasteiger partial charge >= 0.3 is 17.9 Å². The summed E-state index contributed by atoms with van der Waals surface area (Å²) in [6, 6.07) is 13.7. The van der Waals surface area contributed by atoms with Gasteiger partial charge in [0.1, 0.15) is 23.8 Å². The molecule has 0 bridgehead atoms. The number of terminal acetylenes is 1. The number of H-pyrrole nitrogens is 1. The van der Waals surface area contributed by atoms with Gasteiger partial charge in [0, 0.05) is 0 Å². The predicted octanol–water partition coefficient (Wildman–Crippen LogP) is 5.59. The van der Waals surface area contributed by atoms with E-state index >= 15 is 0 Å². The molecule has 0 amide bonds. The number of fused-ring (bicyclic) bond motifs is 1. The number of aromatic nitrogens is 4. The summed E-state index contributed by atoms with van der Waals surface area (Å²) in [5, 5.41) is 2.89. The largest absolute Gasteiger partial charge is 0.459 e. The van der Waals surface area contributed by atoms with E-state index in [2.05, 4.69) is 21.0 Å². The van der Waals surface area contributed by atoms with Crippen LogP contribution in [0.15, 0.2) is 78.0 Å². The SMILES string of the molecule is C#C/C(=C\C=C(C)C)C(=O)OC[C@H]1O[C@@H](c2ncc3c(=S)nc(N)[nH]n23)[C@](C)(OC(=O)c2ccc(C)cc2)[C@@H]1OC(=O)c1ccc(CC)cc1. The van der Waals surface area contributed by atoms with Crippen LogP contribution in [0.25, 0.3) is 5.52 Å². The Balaban J connectivity index is 1.60. The third-order valence-electron chi connectivity index (χ3n) is 8.19. The van der Waals surface area contributed by atoms with Gasteiger partial charge < -0.3 is 24.7 Å². The van der Waals surface area contributed by atoms with Crippen molar-refractivity contribution >= 4 is 41.6 Å². The van der Waals surface area contributed by atoms with Crippen molar-refractivity contribution in [3.63, 3.8) is 0 Å². The quantitative estimate of drug-likeness (QED) is 0.0532. The molecular weight excluding hydrogens is 659 g/mol. The normalized spacial score (nSPS) is 20.2. The summed E-state index contributed by atoms with van der Waals surface area (Å²) in [6.07, 6.45) is 7.27. The summed E-state index contributed by atoms with van der Waals surface area (Å²) in [5.74, 6) is 0.262. The fourth-order valence-corrected chi connectivity index (χ4v) is 5.68.